The van der Waals surface area contributed by atoms with Crippen molar-refractivity contribution < 1.29 is 9.59 Å². The molecule has 0 atom stereocenters. The minimum absolute atomic E-state index is 0.268. The maximum Gasteiger partial charge on any atom is 0.289 e. The molecule has 0 aliphatic heterocycles. The van der Waals surface area contributed by atoms with Gasteiger partial charge in [0.15, 0.2) is 0 Å². The number of hydrazine groups is 1. The lowest BCUT2D eigenvalue weighted by Gasteiger charge is -2.05. The third kappa shape index (κ3) is 3.67. The van der Waals surface area contributed by atoms with Gasteiger partial charge >= 0.3 is 0 Å². The molecule has 0 saturated carbocycles. The van der Waals surface area contributed by atoms with E-state index >= 15 is 0 Å². The van der Waals surface area contributed by atoms with Crippen LogP contribution < -0.4 is 10.9 Å². The lowest BCUT2D eigenvalue weighted by Crippen LogP contribution is -2.41. The van der Waals surface area contributed by atoms with Crippen molar-refractivity contribution in [2.45, 2.75) is 6.92 Å². The minimum atomic E-state index is -0.450. The molecule has 0 fully saturated rings. The van der Waals surface area contributed by atoms with Crippen molar-refractivity contribution in [3.8, 4) is 10.6 Å². The van der Waals surface area contributed by atoms with Gasteiger partial charge in [-0.1, -0.05) is 48.0 Å². The van der Waals surface area contributed by atoms with Crippen molar-refractivity contribution in [1.82, 2.24) is 15.8 Å². The topological polar surface area (TPSA) is 71.1 Å². The van der Waals surface area contributed by atoms with Crippen molar-refractivity contribution in [1.29, 1.82) is 0 Å². The zero-order valence-electron chi connectivity index (χ0n) is 12.9. The highest BCUT2D eigenvalue weighted by Gasteiger charge is 2.13. The largest absolute Gasteiger partial charge is 0.289 e. The highest BCUT2D eigenvalue weighted by atomic mass is 32.1. The third-order valence-corrected chi connectivity index (χ3v) is 4.25. The first-order chi connectivity index (χ1) is 11.6. The number of aromatic nitrogens is 1. The summed E-state index contributed by atoms with van der Waals surface area (Å²) in [5.74, 6) is -0.827. The molecule has 1 aromatic heterocycles. The van der Waals surface area contributed by atoms with Gasteiger partial charge in [-0.15, -0.1) is 11.3 Å². The van der Waals surface area contributed by atoms with Crippen LogP contribution in [0.5, 0.6) is 0 Å². The molecule has 3 rings (SSSR count). The van der Waals surface area contributed by atoms with Crippen molar-refractivity contribution in [3.05, 3.63) is 76.8 Å². The number of carbonyl (C=O) groups is 2. The lowest BCUT2D eigenvalue weighted by atomic mass is 10.2. The molecule has 0 aliphatic rings. The van der Waals surface area contributed by atoms with Gasteiger partial charge < -0.3 is 0 Å². The molecule has 0 radical (unpaired) electrons. The van der Waals surface area contributed by atoms with Gasteiger partial charge in [0.25, 0.3) is 11.8 Å². The number of carbonyl (C=O) groups excluding carboxylic acids is 2. The monoisotopic (exact) mass is 337 g/mol. The second kappa shape index (κ2) is 7.06. The molecule has 2 amide bonds. The van der Waals surface area contributed by atoms with E-state index in [0.29, 0.717) is 5.56 Å². The summed E-state index contributed by atoms with van der Waals surface area (Å²) in [7, 11) is 0. The molecule has 0 unspecified atom stereocenters. The molecule has 6 heteroatoms. The molecule has 5 nitrogen and oxygen atoms in total. The molecule has 24 heavy (non-hydrogen) atoms. The van der Waals surface area contributed by atoms with Gasteiger partial charge in [-0.25, -0.2) is 4.98 Å². The summed E-state index contributed by atoms with van der Waals surface area (Å²) in [5.41, 5.74) is 7.61. The van der Waals surface area contributed by atoms with Gasteiger partial charge in [-0.3, -0.25) is 20.4 Å². The summed E-state index contributed by atoms with van der Waals surface area (Å²) in [6.07, 6.45) is 0. The summed E-state index contributed by atoms with van der Waals surface area (Å²) < 4.78 is 0. The van der Waals surface area contributed by atoms with E-state index in [9.17, 15) is 9.59 Å². The molecular weight excluding hydrogens is 322 g/mol. The Kier molecular flexibility index (Phi) is 4.67. The van der Waals surface area contributed by atoms with E-state index < -0.39 is 5.91 Å². The van der Waals surface area contributed by atoms with Crippen molar-refractivity contribution >= 4 is 23.2 Å². The Hall–Kier alpha value is -2.99. The smallest absolute Gasteiger partial charge is 0.267 e. The number of nitrogens with one attached hydrogen (secondary N) is 2. The van der Waals surface area contributed by atoms with Crippen molar-refractivity contribution in [3.63, 3.8) is 0 Å². The van der Waals surface area contributed by atoms with Crippen LogP contribution in [0.2, 0.25) is 0 Å². The molecule has 0 spiro atoms. The van der Waals surface area contributed by atoms with E-state index in [1.165, 1.54) is 11.3 Å². The summed E-state index contributed by atoms with van der Waals surface area (Å²) in [6.45, 7) is 2.01. The number of nitrogens with zero attached hydrogens (tertiary/aromatic N) is 1. The number of benzene rings is 2. The Morgan fingerprint density at radius 1 is 0.917 bits per heavy atom. The second-order valence-electron chi connectivity index (χ2n) is 5.18. The zero-order chi connectivity index (χ0) is 16.9. The van der Waals surface area contributed by atoms with E-state index in [2.05, 4.69) is 15.8 Å². The van der Waals surface area contributed by atoms with Crippen LogP contribution in [0, 0.1) is 6.92 Å². The molecule has 2 N–H and O–H groups in total. The van der Waals surface area contributed by atoms with Gasteiger partial charge in [0.2, 0.25) is 0 Å². The van der Waals surface area contributed by atoms with Crippen LogP contribution in [0.15, 0.2) is 60.0 Å². The first-order valence-electron chi connectivity index (χ1n) is 7.32. The van der Waals surface area contributed by atoms with Gasteiger partial charge in [0.1, 0.15) is 10.7 Å². The van der Waals surface area contributed by atoms with E-state index in [-0.39, 0.29) is 11.6 Å². The molecule has 0 saturated heterocycles. The van der Waals surface area contributed by atoms with Gasteiger partial charge in [-0.05, 0) is 19.1 Å². The Labute approximate surface area is 143 Å². The average Bonchev–Trinajstić information content (AvgIpc) is 3.11. The number of aryl methyl sites for hydroxylation is 1. The van der Waals surface area contributed by atoms with Crippen LogP contribution in [0.4, 0.5) is 0 Å². The summed E-state index contributed by atoms with van der Waals surface area (Å²) >= 11 is 1.38. The molecule has 1 heterocycles. The summed E-state index contributed by atoms with van der Waals surface area (Å²) in [6, 6.07) is 16.6. The highest BCUT2D eigenvalue weighted by Crippen LogP contribution is 2.23. The average molecular weight is 337 g/mol. The highest BCUT2D eigenvalue weighted by molar-refractivity contribution is 7.13. The Morgan fingerprint density at radius 2 is 1.58 bits per heavy atom. The number of rotatable bonds is 3. The molecule has 0 bridgehead atoms. The molecule has 120 valence electrons. The third-order valence-electron chi connectivity index (χ3n) is 3.36. The molecular formula is C18H15N3O2S. The quantitative estimate of drug-likeness (QED) is 0.721. The zero-order valence-corrected chi connectivity index (χ0v) is 13.8. The molecule has 2 aromatic carbocycles. The fraction of sp³-hybridized carbons (Fsp3) is 0.0556. The number of hydrogen-bond acceptors (Lipinski definition) is 4. The van der Waals surface area contributed by atoms with Crippen LogP contribution in [-0.4, -0.2) is 16.8 Å². The summed E-state index contributed by atoms with van der Waals surface area (Å²) in [5, 5.41) is 2.42. The van der Waals surface area contributed by atoms with E-state index in [4.69, 9.17) is 0 Å². The van der Waals surface area contributed by atoms with Crippen molar-refractivity contribution in [2.24, 2.45) is 0 Å². The number of hydrogen-bond donors (Lipinski definition) is 2. The van der Waals surface area contributed by atoms with E-state index in [0.717, 1.165) is 16.1 Å². The fourth-order valence-corrected chi connectivity index (χ4v) is 2.85. The first-order valence-corrected chi connectivity index (χ1v) is 8.20. The van der Waals surface area contributed by atoms with Gasteiger partial charge in [-0.2, -0.15) is 0 Å². The number of amides is 2. The van der Waals surface area contributed by atoms with E-state index in [1.54, 1.807) is 29.6 Å². The predicted octanol–water partition coefficient (Wildman–Crippen LogP) is 3.19. The van der Waals surface area contributed by atoms with Crippen LogP contribution >= 0.6 is 11.3 Å². The summed E-state index contributed by atoms with van der Waals surface area (Å²) in [4.78, 5) is 28.3. The number of thiazole rings is 1. The first kappa shape index (κ1) is 15.9. The maximum absolute atomic E-state index is 12.1. The SMILES string of the molecule is Cc1ccc(-c2nc(C(=O)NNC(=O)c3ccccc3)cs2)cc1. The second-order valence-corrected chi connectivity index (χ2v) is 6.04. The Morgan fingerprint density at radius 3 is 2.29 bits per heavy atom. The normalized spacial score (nSPS) is 10.2. The van der Waals surface area contributed by atoms with Crippen LogP contribution in [0.3, 0.4) is 0 Å². The minimum Gasteiger partial charge on any atom is -0.267 e. The Bertz CT molecular complexity index is 857. The van der Waals surface area contributed by atoms with E-state index in [1.807, 2.05) is 37.3 Å². The van der Waals surface area contributed by atoms with Gasteiger partial charge in [0, 0.05) is 16.5 Å². The lowest BCUT2D eigenvalue weighted by molar-refractivity contribution is 0.0844. The standard InChI is InChI=1S/C18H15N3O2S/c1-12-7-9-14(10-8-12)18-19-15(11-24-18)17(23)21-20-16(22)13-5-3-2-4-6-13/h2-11H,1H3,(H,20,22)(H,21,23). The molecule has 0 aliphatic carbocycles. The van der Waals surface area contributed by atoms with Crippen LogP contribution in [0.1, 0.15) is 26.4 Å². The Balaban J connectivity index is 1.64. The molecule has 3 aromatic rings. The maximum atomic E-state index is 12.1. The predicted molar refractivity (Wildman–Crippen MR) is 93.7 cm³/mol. The van der Waals surface area contributed by atoms with Crippen LogP contribution in [0.25, 0.3) is 10.6 Å². The van der Waals surface area contributed by atoms with Crippen molar-refractivity contribution in [2.75, 3.05) is 0 Å². The van der Waals surface area contributed by atoms with Crippen LogP contribution in [-0.2, 0) is 0 Å². The van der Waals surface area contributed by atoms with Gasteiger partial charge in [0.05, 0.1) is 0 Å². The fourth-order valence-electron chi connectivity index (χ4n) is 2.05.